The van der Waals surface area contributed by atoms with Crippen LogP contribution in [-0.4, -0.2) is 30.4 Å². The highest BCUT2D eigenvalue weighted by molar-refractivity contribution is 5.69. The molecule has 0 atom stereocenters. The van der Waals surface area contributed by atoms with Crippen molar-refractivity contribution >= 4 is 11.2 Å². The largest absolute Gasteiger partial charge is 0.396 e. The molecule has 0 bridgehead atoms. The van der Waals surface area contributed by atoms with Crippen LogP contribution in [0, 0.1) is 0 Å². The molecule has 2 heterocycles. The molecule has 0 saturated heterocycles. The standard InChI is InChI=1S/C14H22N4O3/c1-16-10-15-12-11(16)13(20)18(14(21)17(12)2)8-6-4-3-5-7-9-19/h10,19H,3-9H2,1-2H3. The smallest absolute Gasteiger partial charge is 0.332 e. The average Bonchev–Trinajstić information content (AvgIpc) is 2.85. The SMILES string of the molecule is Cn1cnc2c1c(=O)n(CCCCCCCO)c(=O)n2C. The van der Waals surface area contributed by atoms with Crippen molar-refractivity contribution in [3.05, 3.63) is 27.2 Å². The van der Waals surface area contributed by atoms with Crippen molar-refractivity contribution in [1.29, 1.82) is 0 Å². The van der Waals surface area contributed by atoms with Gasteiger partial charge in [-0.15, -0.1) is 0 Å². The van der Waals surface area contributed by atoms with E-state index in [1.54, 1.807) is 25.0 Å². The van der Waals surface area contributed by atoms with Gasteiger partial charge < -0.3 is 9.67 Å². The van der Waals surface area contributed by atoms with Crippen LogP contribution >= 0.6 is 0 Å². The topological polar surface area (TPSA) is 82.1 Å². The summed E-state index contributed by atoms with van der Waals surface area (Å²) >= 11 is 0. The zero-order valence-electron chi connectivity index (χ0n) is 12.6. The summed E-state index contributed by atoms with van der Waals surface area (Å²) in [5.41, 5.74) is 0.286. The molecule has 2 aromatic heterocycles. The molecular weight excluding hydrogens is 272 g/mol. The zero-order valence-corrected chi connectivity index (χ0v) is 12.6. The molecule has 2 rings (SSSR count). The number of aromatic nitrogens is 4. The van der Waals surface area contributed by atoms with E-state index in [4.69, 9.17) is 5.11 Å². The van der Waals surface area contributed by atoms with Crippen molar-refractivity contribution in [3.63, 3.8) is 0 Å². The number of rotatable bonds is 7. The van der Waals surface area contributed by atoms with E-state index < -0.39 is 0 Å². The quantitative estimate of drug-likeness (QED) is 0.748. The molecule has 0 aliphatic heterocycles. The van der Waals surface area contributed by atoms with Crippen molar-refractivity contribution in [2.75, 3.05) is 6.61 Å². The van der Waals surface area contributed by atoms with Crippen LogP contribution in [-0.2, 0) is 20.6 Å². The summed E-state index contributed by atoms with van der Waals surface area (Å²) in [5.74, 6) is 0. The lowest BCUT2D eigenvalue weighted by atomic mass is 10.1. The number of fused-ring (bicyclic) bond motifs is 1. The fourth-order valence-corrected chi connectivity index (χ4v) is 2.51. The molecule has 0 aliphatic carbocycles. The monoisotopic (exact) mass is 294 g/mol. The van der Waals surface area contributed by atoms with Crippen LogP contribution in [0.4, 0.5) is 0 Å². The minimum Gasteiger partial charge on any atom is -0.396 e. The van der Waals surface area contributed by atoms with Crippen LogP contribution in [0.3, 0.4) is 0 Å². The number of aryl methyl sites for hydroxylation is 2. The van der Waals surface area contributed by atoms with Gasteiger partial charge in [-0.3, -0.25) is 13.9 Å². The predicted octanol–water partition coefficient (Wildman–Crippen LogP) is 0.376. The summed E-state index contributed by atoms with van der Waals surface area (Å²) in [4.78, 5) is 28.7. The van der Waals surface area contributed by atoms with Gasteiger partial charge in [-0.25, -0.2) is 9.78 Å². The molecule has 0 unspecified atom stereocenters. The third kappa shape index (κ3) is 3.07. The van der Waals surface area contributed by atoms with Crippen molar-refractivity contribution in [1.82, 2.24) is 18.7 Å². The molecule has 0 radical (unpaired) electrons. The molecule has 7 heteroatoms. The molecular formula is C14H22N4O3. The maximum atomic E-state index is 12.4. The third-order valence-corrected chi connectivity index (χ3v) is 3.74. The highest BCUT2D eigenvalue weighted by atomic mass is 16.3. The molecule has 116 valence electrons. The zero-order chi connectivity index (χ0) is 15.4. The van der Waals surface area contributed by atoms with Crippen molar-refractivity contribution in [3.8, 4) is 0 Å². The molecule has 7 nitrogen and oxygen atoms in total. The van der Waals surface area contributed by atoms with E-state index in [1.165, 1.54) is 9.13 Å². The Labute approximate surface area is 122 Å². The van der Waals surface area contributed by atoms with Gasteiger partial charge in [-0.2, -0.15) is 0 Å². The fraction of sp³-hybridized carbons (Fsp3) is 0.643. The van der Waals surface area contributed by atoms with Gasteiger partial charge in [0.25, 0.3) is 5.56 Å². The van der Waals surface area contributed by atoms with Crippen LogP contribution in [0.1, 0.15) is 32.1 Å². The Kier molecular flexibility index (Phi) is 4.95. The van der Waals surface area contributed by atoms with Crippen LogP contribution < -0.4 is 11.2 Å². The first kappa shape index (κ1) is 15.5. The minimum absolute atomic E-state index is 0.219. The number of imidazole rings is 1. The fourth-order valence-electron chi connectivity index (χ4n) is 2.51. The summed E-state index contributed by atoms with van der Waals surface area (Å²) < 4.78 is 4.35. The molecule has 0 saturated carbocycles. The first-order valence-electron chi connectivity index (χ1n) is 7.29. The number of aliphatic hydroxyl groups excluding tert-OH is 1. The predicted molar refractivity (Wildman–Crippen MR) is 80.4 cm³/mol. The van der Waals surface area contributed by atoms with Crippen molar-refractivity contribution < 1.29 is 5.11 Å². The highest BCUT2D eigenvalue weighted by Crippen LogP contribution is 2.05. The lowest BCUT2D eigenvalue weighted by molar-refractivity contribution is 0.282. The van der Waals surface area contributed by atoms with E-state index >= 15 is 0 Å². The van der Waals surface area contributed by atoms with E-state index in [9.17, 15) is 9.59 Å². The van der Waals surface area contributed by atoms with Crippen LogP contribution in [0.5, 0.6) is 0 Å². The molecule has 21 heavy (non-hydrogen) atoms. The summed E-state index contributed by atoms with van der Waals surface area (Å²) in [6.07, 6.45) is 6.06. The Balaban J connectivity index is 2.18. The Bertz CT molecular complexity index is 726. The number of unbranched alkanes of at least 4 members (excludes halogenated alkanes) is 4. The highest BCUT2D eigenvalue weighted by Gasteiger charge is 2.14. The summed E-state index contributed by atoms with van der Waals surface area (Å²) in [6.45, 7) is 0.642. The van der Waals surface area contributed by atoms with E-state index in [-0.39, 0.29) is 17.9 Å². The molecule has 1 N–H and O–H groups in total. The lowest BCUT2D eigenvalue weighted by Gasteiger charge is -2.08. The van der Waals surface area contributed by atoms with Gasteiger partial charge in [-0.05, 0) is 12.8 Å². The van der Waals surface area contributed by atoms with E-state index in [1.807, 2.05) is 0 Å². The van der Waals surface area contributed by atoms with Gasteiger partial charge in [0, 0.05) is 27.2 Å². The molecule has 0 aromatic carbocycles. The van der Waals surface area contributed by atoms with Gasteiger partial charge >= 0.3 is 5.69 Å². The van der Waals surface area contributed by atoms with Gasteiger partial charge in [0.2, 0.25) is 0 Å². The Hall–Kier alpha value is -1.89. The second kappa shape index (κ2) is 6.71. The van der Waals surface area contributed by atoms with Crippen molar-refractivity contribution in [2.45, 2.75) is 38.6 Å². The van der Waals surface area contributed by atoms with E-state index in [2.05, 4.69) is 4.98 Å². The van der Waals surface area contributed by atoms with Crippen LogP contribution in [0.15, 0.2) is 15.9 Å². The van der Waals surface area contributed by atoms with Crippen LogP contribution in [0.2, 0.25) is 0 Å². The number of hydrogen-bond donors (Lipinski definition) is 1. The van der Waals surface area contributed by atoms with Gasteiger partial charge in [-0.1, -0.05) is 19.3 Å². The summed E-state index contributed by atoms with van der Waals surface area (Å²) in [6, 6.07) is 0. The number of nitrogens with zero attached hydrogens (tertiary/aromatic N) is 4. The average molecular weight is 294 g/mol. The third-order valence-electron chi connectivity index (χ3n) is 3.74. The Morgan fingerprint density at radius 3 is 2.48 bits per heavy atom. The maximum absolute atomic E-state index is 12.4. The molecule has 0 fully saturated rings. The first-order chi connectivity index (χ1) is 10.1. The summed E-state index contributed by atoms with van der Waals surface area (Å²) in [7, 11) is 3.38. The summed E-state index contributed by atoms with van der Waals surface area (Å²) in [5, 5.41) is 8.71. The van der Waals surface area contributed by atoms with Crippen molar-refractivity contribution in [2.24, 2.45) is 14.1 Å². The second-order valence-electron chi connectivity index (χ2n) is 5.32. The minimum atomic E-state index is -0.318. The maximum Gasteiger partial charge on any atom is 0.332 e. The normalized spacial score (nSPS) is 11.4. The molecule has 2 aromatic rings. The molecule has 0 aliphatic rings. The Morgan fingerprint density at radius 2 is 1.76 bits per heavy atom. The Morgan fingerprint density at radius 1 is 1.10 bits per heavy atom. The number of aliphatic hydroxyl groups is 1. The van der Waals surface area contributed by atoms with E-state index in [0.717, 1.165) is 32.1 Å². The van der Waals surface area contributed by atoms with E-state index in [0.29, 0.717) is 17.7 Å². The van der Waals surface area contributed by atoms with Crippen LogP contribution in [0.25, 0.3) is 11.2 Å². The molecule has 0 amide bonds. The second-order valence-corrected chi connectivity index (χ2v) is 5.32. The van der Waals surface area contributed by atoms with Gasteiger partial charge in [0.05, 0.1) is 6.33 Å². The first-order valence-corrected chi connectivity index (χ1v) is 7.29. The lowest BCUT2D eigenvalue weighted by Crippen LogP contribution is -2.39. The molecule has 0 spiro atoms. The van der Waals surface area contributed by atoms with Gasteiger partial charge in [0.15, 0.2) is 11.2 Å². The number of hydrogen-bond acceptors (Lipinski definition) is 4. The van der Waals surface area contributed by atoms with Gasteiger partial charge in [0.1, 0.15) is 0 Å².